The van der Waals surface area contributed by atoms with E-state index in [1.165, 1.54) is 6.20 Å². The summed E-state index contributed by atoms with van der Waals surface area (Å²) in [6.45, 7) is 0.410. The van der Waals surface area contributed by atoms with Gasteiger partial charge >= 0.3 is 0 Å². The fourth-order valence-corrected chi connectivity index (χ4v) is 0.845. The zero-order chi connectivity index (χ0) is 9.68. The Hall–Kier alpha value is -1.49. The lowest BCUT2D eigenvalue weighted by Gasteiger charge is -2.05. The predicted octanol–water partition coefficient (Wildman–Crippen LogP) is -0.282. The second-order valence-corrected chi connectivity index (χ2v) is 2.51. The molecule has 1 rings (SSSR count). The van der Waals surface area contributed by atoms with Crippen molar-refractivity contribution in [1.82, 2.24) is 4.98 Å². The van der Waals surface area contributed by atoms with Gasteiger partial charge in [0, 0.05) is 19.2 Å². The van der Waals surface area contributed by atoms with Crippen molar-refractivity contribution in [2.45, 2.75) is 6.42 Å². The highest BCUT2D eigenvalue weighted by molar-refractivity contribution is 5.49. The lowest BCUT2D eigenvalue weighted by molar-refractivity contribution is 0.234. The summed E-state index contributed by atoms with van der Waals surface area (Å²) in [6, 6.07) is 1.58. The van der Waals surface area contributed by atoms with Gasteiger partial charge in [0.25, 0.3) is 5.56 Å². The number of nitrogen functional groups attached to an aromatic ring is 1. The standard InChI is InChI=1S/C8H12N2O3/c9-7-6(13-5-1-4-11)2-3-10-8(7)12/h2-3,11H,1,4-5,9H2,(H,10,12). The van der Waals surface area contributed by atoms with E-state index in [1.807, 2.05) is 0 Å². The van der Waals surface area contributed by atoms with Crippen LogP contribution in [0.4, 0.5) is 5.69 Å². The number of aromatic amines is 1. The second-order valence-electron chi connectivity index (χ2n) is 2.51. The third-order valence-corrected chi connectivity index (χ3v) is 1.52. The molecule has 0 saturated heterocycles. The molecule has 0 amide bonds. The normalized spacial score (nSPS) is 9.92. The lowest BCUT2D eigenvalue weighted by atomic mass is 10.4. The number of aliphatic hydroxyl groups excluding tert-OH is 1. The minimum absolute atomic E-state index is 0.0586. The van der Waals surface area contributed by atoms with Crippen molar-refractivity contribution in [1.29, 1.82) is 0 Å². The van der Waals surface area contributed by atoms with Crippen LogP contribution in [-0.4, -0.2) is 23.3 Å². The van der Waals surface area contributed by atoms with Crippen molar-refractivity contribution in [2.75, 3.05) is 18.9 Å². The van der Waals surface area contributed by atoms with Crippen LogP contribution in [0.1, 0.15) is 6.42 Å². The highest BCUT2D eigenvalue weighted by Gasteiger charge is 2.02. The highest BCUT2D eigenvalue weighted by atomic mass is 16.5. The molecule has 0 saturated carbocycles. The summed E-state index contributed by atoms with van der Waals surface area (Å²) in [6.07, 6.45) is 1.99. The SMILES string of the molecule is Nc1c(OCCCO)cc[nH]c1=O. The number of rotatable bonds is 4. The number of aromatic nitrogens is 1. The van der Waals surface area contributed by atoms with E-state index < -0.39 is 0 Å². The Morgan fingerprint density at radius 2 is 2.38 bits per heavy atom. The summed E-state index contributed by atoms with van der Waals surface area (Å²) in [4.78, 5) is 13.4. The maximum Gasteiger partial charge on any atom is 0.274 e. The summed E-state index contributed by atoms with van der Waals surface area (Å²) < 4.78 is 5.15. The van der Waals surface area contributed by atoms with E-state index >= 15 is 0 Å². The van der Waals surface area contributed by atoms with Crippen LogP contribution in [0.15, 0.2) is 17.1 Å². The number of pyridine rings is 1. The van der Waals surface area contributed by atoms with Crippen LogP contribution in [0, 0.1) is 0 Å². The summed E-state index contributed by atoms with van der Waals surface area (Å²) in [7, 11) is 0. The van der Waals surface area contributed by atoms with E-state index in [0.29, 0.717) is 18.8 Å². The number of H-pyrrole nitrogens is 1. The van der Waals surface area contributed by atoms with E-state index in [9.17, 15) is 4.79 Å². The van der Waals surface area contributed by atoms with Crippen LogP contribution < -0.4 is 16.0 Å². The minimum atomic E-state index is -0.360. The van der Waals surface area contributed by atoms with Crippen LogP contribution in [0.3, 0.4) is 0 Å². The molecule has 4 N–H and O–H groups in total. The molecular formula is C8H12N2O3. The maximum atomic E-state index is 11.0. The Morgan fingerprint density at radius 3 is 3.08 bits per heavy atom. The van der Waals surface area contributed by atoms with Gasteiger partial charge in [0.15, 0.2) is 0 Å². The Kier molecular flexibility index (Phi) is 3.33. The number of ether oxygens (including phenoxy) is 1. The molecule has 1 aromatic heterocycles. The first-order valence-electron chi connectivity index (χ1n) is 3.96. The van der Waals surface area contributed by atoms with Crippen molar-refractivity contribution < 1.29 is 9.84 Å². The van der Waals surface area contributed by atoms with Gasteiger partial charge < -0.3 is 20.6 Å². The molecule has 0 aromatic carbocycles. The van der Waals surface area contributed by atoms with Gasteiger partial charge in [0.2, 0.25) is 0 Å². The van der Waals surface area contributed by atoms with E-state index in [4.69, 9.17) is 15.6 Å². The molecule has 5 heteroatoms. The summed E-state index contributed by atoms with van der Waals surface area (Å²) >= 11 is 0. The van der Waals surface area contributed by atoms with Gasteiger partial charge in [-0.3, -0.25) is 4.79 Å². The van der Waals surface area contributed by atoms with Gasteiger partial charge in [-0.25, -0.2) is 0 Å². The fourth-order valence-electron chi connectivity index (χ4n) is 0.845. The molecule has 0 fully saturated rings. The molecule has 0 aliphatic carbocycles. The molecule has 72 valence electrons. The molecule has 1 aromatic rings. The van der Waals surface area contributed by atoms with E-state index in [0.717, 1.165) is 0 Å². The smallest absolute Gasteiger partial charge is 0.274 e. The lowest BCUT2D eigenvalue weighted by Crippen LogP contribution is -2.13. The van der Waals surface area contributed by atoms with Crippen LogP contribution in [0.25, 0.3) is 0 Å². The summed E-state index contributed by atoms with van der Waals surface area (Å²) in [5, 5.41) is 8.49. The Morgan fingerprint density at radius 1 is 1.62 bits per heavy atom. The second kappa shape index (κ2) is 4.51. The zero-order valence-corrected chi connectivity index (χ0v) is 7.12. The van der Waals surface area contributed by atoms with Crippen LogP contribution >= 0.6 is 0 Å². The predicted molar refractivity (Wildman–Crippen MR) is 48.7 cm³/mol. The summed E-state index contributed by atoms with van der Waals surface area (Å²) in [5.74, 6) is 0.359. The van der Waals surface area contributed by atoms with Crippen LogP contribution in [0.5, 0.6) is 5.75 Å². The third kappa shape index (κ3) is 2.48. The van der Waals surface area contributed by atoms with E-state index in [-0.39, 0.29) is 17.9 Å². The van der Waals surface area contributed by atoms with Gasteiger partial charge in [-0.2, -0.15) is 0 Å². The Balaban J connectivity index is 2.66. The van der Waals surface area contributed by atoms with E-state index in [2.05, 4.69) is 4.98 Å². The average molecular weight is 184 g/mol. The molecule has 0 bridgehead atoms. The molecule has 13 heavy (non-hydrogen) atoms. The number of aliphatic hydroxyl groups is 1. The molecule has 0 aliphatic heterocycles. The highest BCUT2D eigenvalue weighted by Crippen LogP contribution is 2.14. The molecule has 0 spiro atoms. The van der Waals surface area contributed by atoms with Crippen LogP contribution in [0.2, 0.25) is 0 Å². The first-order valence-corrected chi connectivity index (χ1v) is 3.96. The molecule has 0 radical (unpaired) electrons. The van der Waals surface area contributed by atoms with E-state index in [1.54, 1.807) is 6.07 Å². The zero-order valence-electron chi connectivity index (χ0n) is 7.12. The van der Waals surface area contributed by atoms with Gasteiger partial charge in [-0.15, -0.1) is 0 Å². The minimum Gasteiger partial charge on any atom is -0.491 e. The monoisotopic (exact) mass is 184 g/mol. The number of hydrogen-bond donors (Lipinski definition) is 3. The number of anilines is 1. The number of nitrogens with two attached hydrogens (primary N) is 1. The topological polar surface area (TPSA) is 88.3 Å². The number of nitrogens with one attached hydrogen (secondary N) is 1. The van der Waals surface area contributed by atoms with Crippen molar-refractivity contribution in [3.63, 3.8) is 0 Å². The average Bonchev–Trinajstić information content (AvgIpc) is 2.13. The molecule has 0 unspecified atom stereocenters. The van der Waals surface area contributed by atoms with Gasteiger partial charge in [-0.05, 0) is 6.07 Å². The third-order valence-electron chi connectivity index (χ3n) is 1.52. The maximum absolute atomic E-state index is 11.0. The van der Waals surface area contributed by atoms with Crippen molar-refractivity contribution >= 4 is 5.69 Å². The first kappa shape index (κ1) is 9.60. The van der Waals surface area contributed by atoms with Crippen molar-refractivity contribution in [3.8, 4) is 5.75 Å². The van der Waals surface area contributed by atoms with Gasteiger partial charge in [0.05, 0.1) is 6.61 Å². The molecule has 0 aliphatic rings. The molecule has 1 heterocycles. The van der Waals surface area contributed by atoms with Gasteiger partial charge in [0.1, 0.15) is 11.4 Å². The summed E-state index contributed by atoms with van der Waals surface area (Å²) in [5.41, 5.74) is 5.14. The fraction of sp³-hybridized carbons (Fsp3) is 0.375. The van der Waals surface area contributed by atoms with Crippen molar-refractivity contribution in [3.05, 3.63) is 22.6 Å². The number of hydrogen-bond acceptors (Lipinski definition) is 4. The van der Waals surface area contributed by atoms with Crippen molar-refractivity contribution in [2.24, 2.45) is 0 Å². The largest absolute Gasteiger partial charge is 0.491 e. The van der Waals surface area contributed by atoms with Crippen LogP contribution in [-0.2, 0) is 0 Å². The quantitative estimate of drug-likeness (QED) is 0.561. The molecule has 0 atom stereocenters. The van der Waals surface area contributed by atoms with Gasteiger partial charge in [-0.1, -0.05) is 0 Å². The molecular weight excluding hydrogens is 172 g/mol. The Labute approximate surface area is 75.2 Å². The first-order chi connectivity index (χ1) is 6.25. The molecule has 5 nitrogen and oxygen atoms in total. The Bertz CT molecular complexity index is 321.